The van der Waals surface area contributed by atoms with Crippen LogP contribution in [-0.2, 0) is 17.8 Å². The Bertz CT molecular complexity index is 1570. The molecule has 6 nitrogen and oxygen atoms in total. The Balaban J connectivity index is 1.28. The molecule has 202 valence electrons. The minimum atomic E-state index is -1.31. The van der Waals surface area contributed by atoms with E-state index < -0.39 is 16.1 Å². The monoisotopic (exact) mass is 597 g/mol. The molecule has 1 aliphatic carbocycles. The minimum absolute atomic E-state index is 0.117. The zero-order valence-electron chi connectivity index (χ0n) is 22.0. The van der Waals surface area contributed by atoms with Gasteiger partial charge in [-0.2, -0.15) is 0 Å². The number of benzene rings is 2. The highest BCUT2D eigenvalue weighted by molar-refractivity contribution is 7.99. The molecule has 0 N–H and O–H groups in total. The largest absolute Gasteiger partial charge is 0.591 e. The molecule has 0 amide bonds. The van der Waals surface area contributed by atoms with E-state index in [1.54, 1.807) is 12.3 Å². The first-order chi connectivity index (χ1) is 18.7. The van der Waals surface area contributed by atoms with E-state index in [2.05, 4.69) is 34.1 Å². The van der Waals surface area contributed by atoms with E-state index >= 15 is 0 Å². The lowest BCUT2D eigenvalue weighted by molar-refractivity contribution is 0.328. The second-order valence-electron chi connectivity index (χ2n) is 11.1. The summed E-state index contributed by atoms with van der Waals surface area (Å²) in [5.41, 5.74) is 4.18. The highest BCUT2D eigenvalue weighted by Gasteiger charge is 2.47. The molecule has 0 radical (unpaired) electrons. The van der Waals surface area contributed by atoms with Crippen LogP contribution in [0, 0.1) is 5.41 Å². The Morgan fingerprint density at radius 3 is 2.56 bits per heavy atom. The van der Waals surface area contributed by atoms with E-state index in [1.165, 1.54) is 17.3 Å². The number of aromatic nitrogens is 3. The van der Waals surface area contributed by atoms with Crippen LogP contribution in [-0.4, -0.2) is 42.5 Å². The van der Waals surface area contributed by atoms with Gasteiger partial charge in [0.1, 0.15) is 21.8 Å². The summed E-state index contributed by atoms with van der Waals surface area (Å²) < 4.78 is 19.7. The average molecular weight is 599 g/mol. The van der Waals surface area contributed by atoms with Crippen molar-refractivity contribution < 1.29 is 4.55 Å². The molecule has 1 fully saturated rings. The predicted octanol–water partition coefficient (Wildman–Crippen LogP) is 7.28. The standard InChI is InChI=1S/C29H29Cl2N5OS2/c1-28(2,3)39(37)34-25-20-8-5-4-7-19(20)17-29(25)11-14-35(15-12-29)27-33-18-23(26-32-13-16-36(26)27)38-22-10-6-9-21(30)24(22)31/h4-10,13,16,18H,11-12,14-15,17H2,1-3H3. The van der Waals surface area contributed by atoms with Crippen LogP contribution in [0.3, 0.4) is 0 Å². The summed E-state index contributed by atoms with van der Waals surface area (Å²) in [5.74, 6) is 0.867. The third-order valence-corrected chi connectivity index (χ3v) is 10.9. The normalized spacial score (nSPS) is 18.7. The molecule has 1 unspecified atom stereocenters. The van der Waals surface area contributed by atoms with E-state index in [4.69, 9.17) is 32.6 Å². The van der Waals surface area contributed by atoms with Gasteiger partial charge < -0.3 is 9.45 Å². The fourth-order valence-electron chi connectivity index (χ4n) is 5.42. The van der Waals surface area contributed by atoms with Crippen LogP contribution < -0.4 is 4.90 Å². The lowest BCUT2D eigenvalue weighted by atomic mass is 9.74. The van der Waals surface area contributed by atoms with Crippen LogP contribution in [0.1, 0.15) is 44.7 Å². The molecular weight excluding hydrogens is 569 g/mol. The lowest BCUT2D eigenvalue weighted by Gasteiger charge is -2.40. The molecule has 39 heavy (non-hydrogen) atoms. The highest BCUT2D eigenvalue weighted by Crippen LogP contribution is 2.46. The molecule has 3 heterocycles. The molecule has 4 aromatic rings. The van der Waals surface area contributed by atoms with Crippen molar-refractivity contribution in [3.63, 3.8) is 0 Å². The zero-order chi connectivity index (χ0) is 27.4. The maximum atomic E-state index is 13.1. The second-order valence-corrected chi connectivity index (χ2v) is 14.9. The van der Waals surface area contributed by atoms with Gasteiger partial charge in [0, 0.05) is 47.6 Å². The van der Waals surface area contributed by atoms with Crippen LogP contribution >= 0.6 is 35.0 Å². The zero-order valence-corrected chi connectivity index (χ0v) is 25.2. The van der Waals surface area contributed by atoms with Crippen molar-refractivity contribution in [2.75, 3.05) is 18.0 Å². The van der Waals surface area contributed by atoms with Gasteiger partial charge in [-0.3, -0.25) is 4.40 Å². The average Bonchev–Trinajstić information content (AvgIpc) is 3.51. The van der Waals surface area contributed by atoms with Crippen molar-refractivity contribution >= 4 is 63.6 Å². The molecule has 2 aliphatic rings. The molecule has 6 rings (SSSR count). The number of hydrogen-bond donors (Lipinski definition) is 0. The molecule has 1 aliphatic heterocycles. The van der Waals surface area contributed by atoms with Crippen molar-refractivity contribution in [1.82, 2.24) is 14.4 Å². The molecule has 1 spiro atoms. The van der Waals surface area contributed by atoms with Crippen molar-refractivity contribution in [2.45, 2.75) is 54.6 Å². The first-order valence-electron chi connectivity index (χ1n) is 12.9. The molecule has 10 heteroatoms. The maximum absolute atomic E-state index is 13.1. The summed E-state index contributed by atoms with van der Waals surface area (Å²) in [4.78, 5) is 13.6. The highest BCUT2D eigenvalue weighted by atomic mass is 35.5. The van der Waals surface area contributed by atoms with Crippen LogP contribution in [0.5, 0.6) is 0 Å². The molecule has 1 atom stereocenters. The quantitative estimate of drug-likeness (QED) is 0.231. The summed E-state index contributed by atoms with van der Waals surface area (Å²) >= 11 is 12.9. The van der Waals surface area contributed by atoms with E-state index in [1.807, 2.05) is 49.7 Å². The van der Waals surface area contributed by atoms with Gasteiger partial charge in [-0.1, -0.05) is 69.7 Å². The first kappa shape index (κ1) is 27.0. The predicted molar refractivity (Wildman–Crippen MR) is 162 cm³/mol. The summed E-state index contributed by atoms with van der Waals surface area (Å²) in [6.45, 7) is 7.58. The third kappa shape index (κ3) is 4.95. The Hall–Kier alpha value is -2.23. The number of imidazole rings is 1. The molecule has 1 saturated heterocycles. The van der Waals surface area contributed by atoms with Crippen LogP contribution in [0.4, 0.5) is 5.95 Å². The van der Waals surface area contributed by atoms with Crippen molar-refractivity contribution in [3.05, 3.63) is 82.2 Å². The number of fused-ring (bicyclic) bond motifs is 2. The van der Waals surface area contributed by atoms with E-state index in [-0.39, 0.29) is 5.41 Å². The van der Waals surface area contributed by atoms with Gasteiger partial charge >= 0.3 is 0 Å². The van der Waals surface area contributed by atoms with Crippen LogP contribution in [0.15, 0.2) is 75.2 Å². The third-order valence-electron chi connectivity index (χ3n) is 7.52. The number of halogens is 2. The van der Waals surface area contributed by atoms with Gasteiger partial charge in [-0.25, -0.2) is 9.97 Å². The number of hydrogen-bond acceptors (Lipinski definition) is 6. The SMILES string of the molecule is CC(C)(C)[S+]([O-])N=C1c2ccccc2CC12CCN(c1ncc(Sc3cccc(Cl)c3Cl)c3nccn13)CC2. The summed E-state index contributed by atoms with van der Waals surface area (Å²) in [6, 6.07) is 14.1. The summed E-state index contributed by atoms with van der Waals surface area (Å²) in [5, 5.41) is 1.05. The van der Waals surface area contributed by atoms with E-state index in [0.29, 0.717) is 10.0 Å². The topological polar surface area (TPSA) is 68.8 Å². The first-order valence-corrected chi connectivity index (χ1v) is 15.6. The number of piperidine rings is 1. The van der Waals surface area contributed by atoms with E-state index in [9.17, 15) is 4.55 Å². The summed E-state index contributed by atoms with van der Waals surface area (Å²) in [6.07, 6.45) is 8.38. The van der Waals surface area contributed by atoms with Gasteiger partial charge in [-0.05, 0) is 57.7 Å². The van der Waals surface area contributed by atoms with Gasteiger partial charge in [0.05, 0.1) is 14.9 Å². The minimum Gasteiger partial charge on any atom is -0.591 e. The molecule has 2 aromatic carbocycles. The number of nitrogens with zero attached hydrogens (tertiary/aromatic N) is 5. The Kier molecular flexibility index (Phi) is 7.13. The van der Waals surface area contributed by atoms with Gasteiger partial charge in [0.2, 0.25) is 5.95 Å². The fraction of sp³-hybridized carbons (Fsp3) is 0.345. The van der Waals surface area contributed by atoms with Crippen molar-refractivity contribution in [3.8, 4) is 0 Å². The maximum Gasteiger partial charge on any atom is 0.211 e. The molecule has 0 saturated carbocycles. The summed E-state index contributed by atoms with van der Waals surface area (Å²) in [7, 11) is 0. The second kappa shape index (κ2) is 10.3. The van der Waals surface area contributed by atoms with E-state index in [0.717, 1.165) is 65.0 Å². The van der Waals surface area contributed by atoms with Crippen molar-refractivity contribution in [2.24, 2.45) is 9.81 Å². The Morgan fingerprint density at radius 2 is 1.79 bits per heavy atom. The molecular formula is C29H29Cl2N5OS2. The van der Waals surface area contributed by atoms with Crippen LogP contribution in [0.2, 0.25) is 10.0 Å². The molecule has 2 aromatic heterocycles. The Morgan fingerprint density at radius 1 is 1.03 bits per heavy atom. The molecule has 0 bridgehead atoms. The Labute approximate surface area is 246 Å². The lowest BCUT2D eigenvalue weighted by Crippen LogP contribution is -2.45. The van der Waals surface area contributed by atoms with Crippen molar-refractivity contribution in [1.29, 1.82) is 0 Å². The fourth-order valence-corrected chi connectivity index (χ4v) is 7.56. The van der Waals surface area contributed by atoms with Gasteiger partial charge in [0.25, 0.3) is 0 Å². The van der Waals surface area contributed by atoms with Gasteiger partial charge in [-0.15, -0.1) is 0 Å². The van der Waals surface area contributed by atoms with Gasteiger partial charge in [0.15, 0.2) is 5.65 Å². The number of anilines is 1. The smallest absolute Gasteiger partial charge is 0.211 e. The van der Waals surface area contributed by atoms with Crippen LogP contribution in [0.25, 0.3) is 5.65 Å². The number of rotatable bonds is 4.